The molecule has 114 valence electrons. The predicted octanol–water partition coefficient (Wildman–Crippen LogP) is 4.39. The summed E-state index contributed by atoms with van der Waals surface area (Å²) in [4.78, 5) is 10.7. The van der Waals surface area contributed by atoms with E-state index in [0.717, 1.165) is 25.7 Å². The number of hydrogen-bond donors (Lipinski definition) is 1. The van der Waals surface area contributed by atoms with E-state index in [2.05, 4.69) is 20.4 Å². The zero-order valence-corrected chi connectivity index (χ0v) is 12.5. The number of carboxylic acid groups (broad SMARTS) is 1. The summed E-state index contributed by atoms with van der Waals surface area (Å²) in [6.45, 7) is 7.67. The summed E-state index contributed by atoms with van der Waals surface area (Å²) in [5.41, 5.74) is 0.164. The van der Waals surface area contributed by atoms with Gasteiger partial charge in [-0.1, -0.05) is 33.3 Å². The molecule has 0 aliphatic heterocycles. The molecule has 0 aromatic carbocycles. The molecule has 0 bridgehead atoms. The van der Waals surface area contributed by atoms with Crippen molar-refractivity contribution in [3.63, 3.8) is 0 Å². The van der Waals surface area contributed by atoms with Crippen molar-refractivity contribution in [3.8, 4) is 0 Å². The van der Waals surface area contributed by atoms with Crippen LogP contribution < -0.4 is 0 Å². The van der Waals surface area contributed by atoms with Gasteiger partial charge in [0, 0.05) is 12.0 Å². The fraction of sp³-hybridized carbons (Fsp3) is 0.562. The summed E-state index contributed by atoms with van der Waals surface area (Å²) >= 11 is 0. The normalized spacial score (nSPS) is 12.7. The van der Waals surface area contributed by atoms with Crippen molar-refractivity contribution in [1.29, 1.82) is 0 Å². The van der Waals surface area contributed by atoms with Crippen molar-refractivity contribution in [2.24, 2.45) is 0 Å². The molecule has 0 saturated carbocycles. The van der Waals surface area contributed by atoms with E-state index in [1.807, 2.05) is 12.2 Å². The molecule has 1 N–H and O–H groups in total. The van der Waals surface area contributed by atoms with Gasteiger partial charge < -0.3 is 14.6 Å². The molecule has 0 aliphatic rings. The first-order valence-electron chi connectivity index (χ1n) is 7.13. The van der Waals surface area contributed by atoms with Gasteiger partial charge in [-0.05, 0) is 31.4 Å². The topological polar surface area (TPSA) is 55.8 Å². The Balaban J connectivity index is 4.22. The minimum atomic E-state index is -0.980. The van der Waals surface area contributed by atoms with Gasteiger partial charge in [0.05, 0.1) is 12.5 Å². The second kappa shape index (κ2) is 12.3. The molecule has 0 saturated heterocycles. The molecule has 4 heteroatoms. The minimum Gasteiger partial charge on any atom is -0.478 e. The number of carbonyl (C=O) groups is 1. The first-order valence-corrected chi connectivity index (χ1v) is 7.13. The summed E-state index contributed by atoms with van der Waals surface area (Å²) in [6, 6.07) is 0. The van der Waals surface area contributed by atoms with Gasteiger partial charge in [-0.2, -0.15) is 0 Å². The molecule has 4 nitrogen and oxygen atoms in total. The number of aliphatic carboxylic acids is 1. The van der Waals surface area contributed by atoms with E-state index in [1.165, 1.54) is 0 Å². The van der Waals surface area contributed by atoms with Crippen molar-refractivity contribution < 1.29 is 19.4 Å². The average molecular weight is 282 g/mol. The van der Waals surface area contributed by atoms with Crippen LogP contribution in [0.2, 0.25) is 0 Å². The van der Waals surface area contributed by atoms with Crippen LogP contribution >= 0.6 is 0 Å². The summed E-state index contributed by atoms with van der Waals surface area (Å²) in [7, 11) is 0. The highest BCUT2D eigenvalue weighted by atomic mass is 16.7. The average Bonchev–Trinajstić information content (AvgIpc) is 2.43. The lowest BCUT2D eigenvalue weighted by atomic mass is 10.1. The standard InChI is InChI=1S/C16H26O4/c1-4-6-8-12-19-15(20-13-9-7-5-2)11-10-14(3)16(17)18/h8-9,12-13,15H,3-7,10-11H2,1-2H3,(H,17,18). The third kappa shape index (κ3) is 10.2. The van der Waals surface area contributed by atoms with Crippen LogP contribution in [0.1, 0.15) is 52.4 Å². The number of allylic oxidation sites excluding steroid dienone is 2. The number of hydrogen-bond acceptors (Lipinski definition) is 3. The molecule has 0 aromatic heterocycles. The Bertz CT molecular complexity index is 313. The molecule has 0 fully saturated rings. The molecule has 0 rings (SSSR count). The van der Waals surface area contributed by atoms with E-state index in [-0.39, 0.29) is 5.57 Å². The Hall–Kier alpha value is -1.71. The Morgan fingerprint density at radius 2 is 1.65 bits per heavy atom. The number of carboxylic acids is 1. The van der Waals surface area contributed by atoms with Crippen molar-refractivity contribution in [3.05, 3.63) is 36.8 Å². The second-order valence-electron chi connectivity index (χ2n) is 4.47. The monoisotopic (exact) mass is 282 g/mol. The van der Waals surface area contributed by atoms with Crippen molar-refractivity contribution in [1.82, 2.24) is 0 Å². The lowest BCUT2D eigenvalue weighted by Crippen LogP contribution is -2.13. The van der Waals surface area contributed by atoms with Gasteiger partial charge in [0.25, 0.3) is 0 Å². The minimum absolute atomic E-state index is 0.164. The second-order valence-corrected chi connectivity index (χ2v) is 4.47. The molecule has 0 aromatic rings. The highest BCUT2D eigenvalue weighted by molar-refractivity contribution is 5.85. The van der Waals surface area contributed by atoms with Gasteiger partial charge in [-0.15, -0.1) is 0 Å². The van der Waals surface area contributed by atoms with Crippen LogP contribution in [-0.2, 0) is 14.3 Å². The molecule has 20 heavy (non-hydrogen) atoms. The molecular formula is C16H26O4. The Morgan fingerprint density at radius 3 is 2.05 bits per heavy atom. The quantitative estimate of drug-likeness (QED) is 0.327. The van der Waals surface area contributed by atoms with Crippen molar-refractivity contribution in [2.45, 2.75) is 58.7 Å². The van der Waals surface area contributed by atoms with E-state index in [4.69, 9.17) is 14.6 Å². The molecule has 0 amide bonds. The van der Waals surface area contributed by atoms with Crippen LogP contribution in [-0.4, -0.2) is 17.4 Å². The fourth-order valence-electron chi connectivity index (χ4n) is 1.32. The predicted molar refractivity (Wildman–Crippen MR) is 80.1 cm³/mol. The summed E-state index contributed by atoms with van der Waals surface area (Å²) in [5.74, 6) is -0.980. The fourth-order valence-corrected chi connectivity index (χ4v) is 1.32. The smallest absolute Gasteiger partial charge is 0.330 e. The van der Waals surface area contributed by atoms with E-state index < -0.39 is 12.3 Å². The lowest BCUT2D eigenvalue weighted by Gasteiger charge is -2.16. The maximum atomic E-state index is 10.7. The lowest BCUT2D eigenvalue weighted by molar-refractivity contribution is -0.133. The SMILES string of the molecule is C=C(CCC(OC=CCCC)OC=CCCC)C(=O)O. The zero-order valence-electron chi connectivity index (χ0n) is 12.5. The van der Waals surface area contributed by atoms with Crippen LogP contribution in [0.4, 0.5) is 0 Å². The van der Waals surface area contributed by atoms with Gasteiger partial charge in [0.2, 0.25) is 6.29 Å². The molecule has 0 heterocycles. The van der Waals surface area contributed by atoms with Gasteiger partial charge in [0.15, 0.2) is 0 Å². The Labute approximate surface area is 121 Å². The Kier molecular flexibility index (Phi) is 11.3. The highest BCUT2D eigenvalue weighted by Gasteiger charge is 2.11. The van der Waals surface area contributed by atoms with Crippen LogP contribution in [0.3, 0.4) is 0 Å². The van der Waals surface area contributed by atoms with Crippen molar-refractivity contribution >= 4 is 5.97 Å². The van der Waals surface area contributed by atoms with Gasteiger partial charge in [-0.3, -0.25) is 0 Å². The molecule has 0 atom stereocenters. The number of rotatable bonds is 12. The van der Waals surface area contributed by atoms with Gasteiger partial charge in [-0.25, -0.2) is 4.79 Å². The van der Waals surface area contributed by atoms with E-state index in [9.17, 15) is 4.79 Å². The highest BCUT2D eigenvalue weighted by Crippen LogP contribution is 2.11. The summed E-state index contributed by atoms with van der Waals surface area (Å²) in [5, 5.41) is 8.78. The largest absolute Gasteiger partial charge is 0.478 e. The molecule has 0 unspecified atom stereocenters. The third-order valence-corrected chi connectivity index (χ3v) is 2.55. The van der Waals surface area contributed by atoms with Crippen LogP contribution in [0, 0.1) is 0 Å². The Morgan fingerprint density at radius 1 is 1.15 bits per heavy atom. The maximum Gasteiger partial charge on any atom is 0.330 e. The van der Waals surface area contributed by atoms with Crippen LogP contribution in [0.15, 0.2) is 36.8 Å². The molecular weight excluding hydrogens is 256 g/mol. The first-order chi connectivity index (χ1) is 9.61. The van der Waals surface area contributed by atoms with Crippen molar-refractivity contribution in [2.75, 3.05) is 0 Å². The van der Waals surface area contributed by atoms with E-state index >= 15 is 0 Å². The molecule has 0 radical (unpaired) electrons. The van der Waals surface area contributed by atoms with Crippen LogP contribution in [0.25, 0.3) is 0 Å². The molecule has 0 aliphatic carbocycles. The van der Waals surface area contributed by atoms with E-state index in [0.29, 0.717) is 12.8 Å². The molecule has 0 spiro atoms. The number of unbranched alkanes of at least 4 members (excludes halogenated alkanes) is 2. The third-order valence-electron chi connectivity index (χ3n) is 2.55. The van der Waals surface area contributed by atoms with Gasteiger partial charge in [0.1, 0.15) is 0 Å². The summed E-state index contributed by atoms with van der Waals surface area (Å²) in [6.07, 6.45) is 11.4. The number of ether oxygens (including phenoxy) is 2. The summed E-state index contributed by atoms with van der Waals surface area (Å²) < 4.78 is 10.9. The van der Waals surface area contributed by atoms with Gasteiger partial charge >= 0.3 is 5.97 Å². The van der Waals surface area contributed by atoms with Crippen LogP contribution in [0.5, 0.6) is 0 Å². The first kappa shape index (κ1) is 18.3. The maximum absolute atomic E-state index is 10.7. The van der Waals surface area contributed by atoms with E-state index in [1.54, 1.807) is 12.5 Å². The zero-order chi connectivity index (χ0) is 15.2.